The zero-order valence-electron chi connectivity index (χ0n) is 13.8. The Morgan fingerprint density at radius 1 is 1.26 bits per heavy atom. The highest BCUT2D eigenvalue weighted by atomic mass is 79.9. The molecule has 1 unspecified atom stereocenters. The van der Waals surface area contributed by atoms with E-state index in [2.05, 4.69) is 31.9 Å². The maximum atomic E-state index is 12.2. The number of rotatable bonds is 3. The van der Waals surface area contributed by atoms with Crippen LogP contribution in [0.5, 0.6) is 5.75 Å². The molecule has 0 saturated carbocycles. The molecule has 4 nitrogen and oxygen atoms in total. The molecular formula is C17H23Br2NO3. The van der Waals surface area contributed by atoms with Gasteiger partial charge in [0, 0.05) is 28.0 Å². The van der Waals surface area contributed by atoms with Crippen molar-refractivity contribution in [1.29, 1.82) is 0 Å². The van der Waals surface area contributed by atoms with Gasteiger partial charge in [0.1, 0.15) is 11.4 Å². The minimum Gasteiger partial charge on any atom is -0.493 e. The molecule has 0 spiro atoms. The van der Waals surface area contributed by atoms with Crippen LogP contribution in [0.2, 0.25) is 0 Å². The van der Waals surface area contributed by atoms with Crippen LogP contribution in [0, 0.1) is 5.92 Å². The summed E-state index contributed by atoms with van der Waals surface area (Å²) < 4.78 is 13.3. The average molecular weight is 449 g/mol. The van der Waals surface area contributed by atoms with Gasteiger partial charge in [0.2, 0.25) is 0 Å². The number of benzene rings is 1. The summed E-state index contributed by atoms with van der Waals surface area (Å²) in [4.78, 5) is 14.0. The van der Waals surface area contributed by atoms with Gasteiger partial charge in [-0.05, 0) is 51.8 Å². The van der Waals surface area contributed by atoms with Gasteiger partial charge < -0.3 is 14.4 Å². The predicted molar refractivity (Wildman–Crippen MR) is 97.9 cm³/mol. The lowest BCUT2D eigenvalue weighted by molar-refractivity contribution is 0.0139. The van der Waals surface area contributed by atoms with Crippen molar-refractivity contribution >= 4 is 38.0 Å². The van der Waals surface area contributed by atoms with Gasteiger partial charge in [-0.3, -0.25) is 0 Å². The van der Waals surface area contributed by atoms with E-state index in [1.165, 1.54) is 0 Å². The Kier molecular flexibility index (Phi) is 6.37. The summed E-state index contributed by atoms with van der Waals surface area (Å²) in [6.45, 7) is 7.71. The van der Waals surface area contributed by atoms with E-state index in [1.807, 2.05) is 39.0 Å². The summed E-state index contributed by atoms with van der Waals surface area (Å²) in [5.74, 6) is 1.15. The summed E-state index contributed by atoms with van der Waals surface area (Å²) >= 11 is 6.91. The van der Waals surface area contributed by atoms with E-state index in [1.54, 1.807) is 4.90 Å². The number of amides is 1. The molecule has 0 aliphatic carbocycles. The van der Waals surface area contributed by atoms with E-state index in [-0.39, 0.29) is 6.09 Å². The number of nitrogens with zero attached hydrogens (tertiary/aromatic N) is 1. The molecule has 1 amide bonds. The van der Waals surface area contributed by atoms with Crippen molar-refractivity contribution in [2.75, 3.05) is 19.7 Å². The van der Waals surface area contributed by atoms with Crippen LogP contribution in [0.4, 0.5) is 4.79 Å². The Hall–Kier alpha value is -0.750. The summed E-state index contributed by atoms with van der Waals surface area (Å²) in [5.41, 5.74) is -0.455. The molecule has 1 atom stereocenters. The van der Waals surface area contributed by atoms with Gasteiger partial charge >= 0.3 is 6.09 Å². The standard InChI is InChI=1S/C17H23Br2NO3/c1-17(2,3)23-16(21)20-6-4-5-12(10-20)11-22-15-8-13(18)7-14(19)9-15/h7-9,12H,4-6,10-11H2,1-3H3. The SMILES string of the molecule is CC(C)(C)OC(=O)N1CCCC(COc2cc(Br)cc(Br)c2)C1. The van der Waals surface area contributed by atoms with Gasteiger partial charge in [0.25, 0.3) is 0 Å². The topological polar surface area (TPSA) is 38.8 Å². The fourth-order valence-electron chi connectivity index (χ4n) is 2.52. The van der Waals surface area contributed by atoms with Crippen molar-refractivity contribution in [3.8, 4) is 5.75 Å². The Balaban J connectivity index is 1.87. The van der Waals surface area contributed by atoms with Crippen molar-refractivity contribution < 1.29 is 14.3 Å². The van der Waals surface area contributed by atoms with E-state index in [4.69, 9.17) is 9.47 Å². The number of carbonyl (C=O) groups excluding carboxylic acids is 1. The molecule has 2 rings (SSSR count). The summed E-state index contributed by atoms with van der Waals surface area (Å²) in [7, 11) is 0. The van der Waals surface area contributed by atoms with Gasteiger partial charge in [0.15, 0.2) is 0 Å². The highest BCUT2D eigenvalue weighted by Crippen LogP contribution is 2.26. The van der Waals surface area contributed by atoms with Crippen LogP contribution < -0.4 is 4.74 Å². The molecule has 0 aromatic heterocycles. The Labute approximate surface area is 154 Å². The highest BCUT2D eigenvalue weighted by molar-refractivity contribution is 9.11. The molecule has 0 bridgehead atoms. The molecule has 1 aliphatic rings. The second-order valence-corrected chi connectivity index (χ2v) is 8.68. The molecule has 0 N–H and O–H groups in total. The lowest BCUT2D eigenvalue weighted by Crippen LogP contribution is -2.44. The molecule has 1 fully saturated rings. The van der Waals surface area contributed by atoms with Gasteiger partial charge in [-0.25, -0.2) is 4.79 Å². The second-order valence-electron chi connectivity index (χ2n) is 6.85. The van der Waals surface area contributed by atoms with Gasteiger partial charge in [-0.15, -0.1) is 0 Å². The molecule has 6 heteroatoms. The smallest absolute Gasteiger partial charge is 0.410 e. The molecule has 1 aromatic carbocycles. The number of ether oxygens (including phenoxy) is 2. The minimum atomic E-state index is -0.455. The van der Waals surface area contributed by atoms with Crippen molar-refractivity contribution in [3.05, 3.63) is 27.1 Å². The van der Waals surface area contributed by atoms with Gasteiger partial charge in [-0.1, -0.05) is 31.9 Å². The average Bonchev–Trinajstić information content (AvgIpc) is 2.43. The molecule has 1 aliphatic heterocycles. The third-order valence-electron chi connectivity index (χ3n) is 3.49. The monoisotopic (exact) mass is 447 g/mol. The molecule has 0 radical (unpaired) electrons. The van der Waals surface area contributed by atoms with Crippen LogP contribution in [0.15, 0.2) is 27.1 Å². The largest absolute Gasteiger partial charge is 0.493 e. The first-order valence-electron chi connectivity index (χ1n) is 7.80. The maximum Gasteiger partial charge on any atom is 0.410 e. The number of hydrogen-bond donors (Lipinski definition) is 0. The molecule has 1 aromatic rings. The molecule has 1 heterocycles. The minimum absolute atomic E-state index is 0.229. The quantitative estimate of drug-likeness (QED) is 0.634. The number of halogens is 2. The molecular weight excluding hydrogens is 426 g/mol. The van der Waals surface area contributed by atoms with Crippen molar-refractivity contribution in [2.45, 2.75) is 39.2 Å². The van der Waals surface area contributed by atoms with E-state index < -0.39 is 5.60 Å². The summed E-state index contributed by atoms with van der Waals surface area (Å²) in [6, 6.07) is 5.86. The van der Waals surface area contributed by atoms with E-state index in [9.17, 15) is 4.79 Å². The van der Waals surface area contributed by atoms with Crippen molar-refractivity contribution in [2.24, 2.45) is 5.92 Å². The second kappa shape index (κ2) is 7.88. The highest BCUT2D eigenvalue weighted by Gasteiger charge is 2.27. The van der Waals surface area contributed by atoms with Crippen molar-refractivity contribution in [1.82, 2.24) is 4.90 Å². The van der Waals surface area contributed by atoms with Crippen LogP contribution in [0.3, 0.4) is 0 Å². The lowest BCUT2D eigenvalue weighted by atomic mass is 9.99. The van der Waals surface area contributed by atoms with Crippen LogP contribution in [-0.2, 0) is 4.74 Å². The summed E-state index contributed by atoms with van der Waals surface area (Å²) in [5, 5.41) is 0. The van der Waals surface area contributed by atoms with Crippen LogP contribution in [0.1, 0.15) is 33.6 Å². The number of carbonyl (C=O) groups is 1. The number of hydrogen-bond acceptors (Lipinski definition) is 3. The maximum absolute atomic E-state index is 12.2. The first-order chi connectivity index (χ1) is 10.7. The van der Waals surface area contributed by atoms with E-state index in [0.29, 0.717) is 19.1 Å². The van der Waals surface area contributed by atoms with Crippen molar-refractivity contribution in [3.63, 3.8) is 0 Å². The fraction of sp³-hybridized carbons (Fsp3) is 0.588. The first-order valence-corrected chi connectivity index (χ1v) is 9.38. The number of likely N-dealkylation sites (tertiary alicyclic amines) is 1. The third-order valence-corrected chi connectivity index (χ3v) is 4.41. The van der Waals surface area contributed by atoms with Gasteiger partial charge in [0.05, 0.1) is 6.61 Å². The molecule has 1 saturated heterocycles. The van der Waals surface area contributed by atoms with E-state index >= 15 is 0 Å². The van der Waals surface area contributed by atoms with E-state index in [0.717, 1.165) is 34.1 Å². The zero-order valence-corrected chi connectivity index (χ0v) is 16.9. The van der Waals surface area contributed by atoms with Crippen LogP contribution >= 0.6 is 31.9 Å². The summed E-state index contributed by atoms with van der Waals surface area (Å²) in [6.07, 6.45) is 1.82. The lowest BCUT2D eigenvalue weighted by Gasteiger charge is -2.34. The molecule has 128 valence electrons. The van der Waals surface area contributed by atoms with Crippen LogP contribution in [-0.4, -0.2) is 36.3 Å². The van der Waals surface area contributed by atoms with Gasteiger partial charge in [-0.2, -0.15) is 0 Å². The molecule has 23 heavy (non-hydrogen) atoms. The number of piperidine rings is 1. The predicted octanol–water partition coefficient (Wildman–Crippen LogP) is 5.24. The first kappa shape index (κ1) is 18.6. The zero-order chi connectivity index (χ0) is 17.0. The Morgan fingerprint density at radius 3 is 2.52 bits per heavy atom. The third kappa shape index (κ3) is 6.34. The van der Waals surface area contributed by atoms with Crippen LogP contribution in [0.25, 0.3) is 0 Å². The fourth-order valence-corrected chi connectivity index (χ4v) is 3.77. The Morgan fingerprint density at radius 2 is 1.91 bits per heavy atom. The normalized spacial score (nSPS) is 18.7. The Bertz CT molecular complexity index is 537.